The maximum absolute atomic E-state index is 6.22. The molecule has 1 aromatic rings. The summed E-state index contributed by atoms with van der Waals surface area (Å²) in [6.45, 7) is 5.05. The maximum Gasteiger partial charge on any atom is 0.0553 e. The van der Waals surface area contributed by atoms with Crippen molar-refractivity contribution in [3.8, 4) is 0 Å². The van der Waals surface area contributed by atoms with E-state index >= 15 is 0 Å². The second-order valence-electron chi connectivity index (χ2n) is 4.27. The summed E-state index contributed by atoms with van der Waals surface area (Å²) in [5, 5.41) is 0.370. The van der Waals surface area contributed by atoms with Crippen LogP contribution < -0.4 is 5.73 Å². The zero-order valence-electron chi connectivity index (χ0n) is 11.0. The van der Waals surface area contributed by atoms with E-state index in [0.717, 1.165) is 18.8 Å². The predicted octanol–water partition coefficient (Wildman–Crippen LogP) is 3.15. The van der Waals surface area contributed by atoms with Crippen molar-refractivity contribution in [1.82, 2.24) is 0 Å². The molecule has 96 valence electrons. The highest BCUT2D eigenvalue weighted by atomic mass is 32.2. The first-order valence-electron chi connectivity index (χ1n) is 6.11. The monoisotopic (exact) mass is 253 g/mol. The number of hydrogen-bond acceptors (Lipinski definition) is 3. The highest BCUT2D eigenvalue weighted by molar-refractivity contribution is 7.99. The molecule has 1 aromatic carbocycles. The van der Waals surface area contributed by atoms with E-state index in [0.29, 0.717) is 5.25 Å². The lowest BCUT2D eigenvalue weighted by atomic mass is 10.0. The fourth-order valence-electron chi connectivity index (χ4n) is 1.79. The first-order chi connectivity index (χ1) is 8.19. The van der Waals surface area contributed by atoms with E-state index in [-0.39, 0.29) is 6.04 Å². The Morgan fingerprint density at radius 3 is 2.76 bits per heavy atom. The van der Waals surface area contributed by atoms with Gasteiger partial charge >= 0.3 is 0 Å². The minimum Gasteiger partial charge on any atom is -0.384 e. The molecule has 0 aliphatic carbocycles. The van der Waals surface area contributed by atoms with Crippen LogP contribution in [-0.2, 0) is 4.74 Å². The Morgan fingerprint density at radius 2 is 2.18 bits per heavy atom. The van der Waals surface area contributed by atoms with E-state index in [1.807, 2.05) is 11.8 Å². The molecule has 0 saturated carbocycles. The molecule has 1 rings (SSSR count). The van der Waals surface area contributed by atoms with Crippen LogP contribution in [-0.4, -0.2) is 25.5 Å². The summed E-state index contributed by atoms with van der Waals surface area (Å²) >= 11 is 1.89. The molecular formula is C14H23NOS. The summed E-state index contributed by atoms with van der Waals surface area (Å²) in [6.07, 6.45) is 0.999. The van der Waals surface area contributed by atoms with Crippen LogP contribution in [0.2, 0.25) is 0 Å². The molecule has 2 unspecified atom stereocenters. The standard InChI is InChI=1S/C14H23NOS/c1-4-13(15)14(17-9-8-16-3)12-7-5-6-11(2)10-12/h5-7,10,13-14H,4,8-9,15H2,1-3H3. The average Bonchev–Trinajstić information content (AvgIpc) is 2.34. The van der Waals surface area contributed by atoms with Crippen LogP contribution in [0.15, 0.2) is 24.3 Å². The van der Waals surface area contributed by atoms with Crippen LogP contribution in [0.25, 0.3) is 0 Å². The van der Waals surface area contributed by atoms with Crippen molar-refractivity contribution in [2.45, 2.75) is 31.6 Å². The van der Waals surface area contributed by atoms with Gasteiger partial charge in [-0.15, -0.1) is 11.8 Å². The van der Waals surface area contributed by atoms with Gasteiger partial charge in [-0.25, -0.2) is 0 Å². The SMILES string of the molecule is CCC(N)C(SCCOC)c1cccc(C)c1. The Bertz CT molecular complexity index is 330. The number of ether oxygens (including phenoxy) is 1. The molecule has 0 spiro atoms. The Morgan fingerprint density at radius 1 is 1.41 bits per heavy atom. The van der Waals surface area contributed by atoms with E-state index in [1.165, 1.54) is 11.1 Å². The Kier molecular flexibility index (Phi) is 6.63. The fraction of sp³-hybridized carbons (Fsp3) is 0.571. The molecule has 0 fully saturated rings. The number of rotatable bonds is 7. The van der Waals surface area contributed by atoms with Gasteiger partial charge in [0, 0.05) is 24.2 Å². The van der Waals surface area contributed by atoms with Crippen molar-refractivity contribution in [1.29, 1.82) is 0 Å². The van der Waals surface area contributed by atoms with E-state index < -0.39 is 0 Å². The minimum atomic E-state index is 0.207. The van der Waals surface area contributed by atoms with Crippen LogP contribution in [0, 0.1) is 6.92 Å². The fourth-order valence-corrected chi connectivity index (χ4v) is 3.08. The molecule has 2 nitrogen and oxygen atoms in total. The third-order valence-corrected chi connectivity index (χ3v) is 4.20. The van der Waals surface area contributed by atoms with E-state index in [9.17, 15) is 0 Å². The van der Waals surface area contributed by atoms with Crippen molar-refractivity contribution < 1.29 is 4.74 Å². The number of benzene rings is 1. The summed E-state index contributed by atoms with van der Waals surface area (Å²) in [5.41, 5.74) is 8.85. The molecule has 17 heavy (non-hydrogen) atoms. The summed E-state index contributed by atoms with van der Waals surface area (Å²) in [6, 6.07) is 8.85. The summed E-state index contributed by atoms with van der Waals surface area (Å²) in [4.78, 5) is 0. The van der Waals surface area contributed by atoms with Crippen molar-refractivity contribution in [3.05, 3.63) is 35.4 Å². The van der Waals surface area contributed by atoms with Crippen LogP contribution in [0.4, 0.5) is 0 Å². The number of methoxy groups -OCH3 is 1. The third-order valence-electron chi connectivity index (χ3n) is 2.82. The topological polar surface area (TPSA) is 35.2 Å². The lowest BCUT2D eigenvalue weighted by Crippen LogP contribution is -2.26. The van der Waals surface area contributed by atoms with Gasteiger partial charge < -0.3 is 10.5 Å². The lowest BCUT2D eigenvalue weighted by Gasteiger charge is -2.23. The largest absolute Gasteiger partial charge is 0.384 e. The van der Waals surface area contributed by atoms with E-state index in [2.05, 4.69) is 38.1 Å². The highest BCUT2D eigenvalue weighted by Gasteiger charge is 2.18. The highest BCUT2D eigenvalue weighted by Crippen LogP contribution is 2.32. The molecule has 2 atom stereocenters. The van der Waals surface area contributed by atoms with Gasteiger partial charge in [0.1, 0.15) is 0 Å². The first kappa shape index (κ1) is 14.6. The van der Waals surface area contributed by atoms with Crippen LogP contribution in [0.5, 0.6) is 0 Å². The van der Waals surface area contributed by atoms with Gasteiger partial charge in [-0.05, 0) is 18.9 Å². The second kappa shape index (κ2) is 7.75. The van der Waals surface area contributed by atoms with Gasteiger partial charge in [-0.1, -0.05) is 36.8 Å². The Labute approximate surface area is 109 Å². The number of hydrogen-bond donors (Lipinski definition) is 1. The van der Waals surface area contributed by atoms with Crippen molar-refractivity contribution in [3.63, 3.8) is 0 Å². The molecule has 0 heterocycles. The van der Waals surface area contributed by atoms with Crippen molar-refractivity contribution in [2.24, 2.45) is 5.73 Å². The summed E-state index contributed by atoms with van der Waals surface area (Å²) in [5.74, 6) is 0.989. The van der Waals surface area contributed by atoms with E-state index in [4.69, 9.17) is 10.5 Å². The number of nitrogens with two attached hydrogens (primary N) is 1. The predicted molar refractivity (Wildman–Crippen MR) is 76.5 cm³/mol. The molecule has 3 heteroatoms. The molecule has 0 radical (unpaired) electrons. The second-order valence-corrected chi connectivity index (χ2v) is 5.52. The Balaban J connectivity index is 2.74. The summed E-state index contributed by atoms with van der Waals surface area (Å²) in [7, 11) is 1.74. The third kappa shape index (κ3) is 4.70. The first-order valence-corrected chi connectivity index (χ1v) is 7.16. The molecule has 0 saturated heterocycles. The molecule has 2 N–H and O–H groups in total. The van der Waals surface area contributed by atoms with Crippen LogP contribution >= 0.6 is 11.8 Å². The minimum absolute atomic E-state index is 0.207. The molecule has 0 bridgehead atoms. The maximum atomic E-state index is 6.22. The van der Waals surface area contributed by atoms with Crippen molar-refractivity contribution in [2.75, 3.05) is 19.5 Å². The zero-order valence-corrected chi connectivity index (χ0v) is 11.8. The van der Waals surface area contributed by atoms with Gasteiger partial charge in [0.25, 0.3) is 0 Å². The average molecular weight is 253 g/mol. The molecular weight excluding hydrogens is 230 g/mol. The number of thioether (sulfide) groups is 1. The molecule has 0 amide bonds. The quantitative estimate of drug-likeness (QED) is 0.758. The van der Waals surface area contributed by atoms with Gasteiger partial charge in [0.15, 0.2) is 0 Å². The smallest absolute Gasteiger partial charge is 0.0553 e. The molecule has 0 aliphatic rings. The summed E-state index contributed by atoms with van der Waals surface area (Å²) < 4.78 is 5.10. The van der Waals surface area contributed by atoms with Gasteiger partial charge in [0.05, 0.1) is 6.61 Å². The van der Waals surface area contributed by atoms with Crippen molar-refractivity contribution >= 4 is 11.8 Å². The normalized spacial score (nSPS) is 14.6. The Hall–Kier alpha value is -0.510. The molecule has 0 aromatic heterocycles. The van der Waals surface area contributed by atoms with Gasteiger partial charge in [-0.2, -0.15) is 0 Å². The zero-order chi connectivity index (χ0) is 12.7. The van der Waals surface area contributed by atoms with Gasteiger partial charge in [0.2, 0.25) is 0 Å². The van der Waals surface area contributed by atoms with Crippen LogP contribution in [0.1, 0.15) is 29.7 Å². The van der Waals surface area contributed by atoms with E-state index in [1.54, 1.807) is 7.11 Å². The van der Waals surface area contributed by atoms with Gasteiger partial charge in [-0.3, -0.25) is 0 Å². The van der Waals surface area contributed by atoms with Crippen LogP contribution in [0.3, 0.4) is 0 Å². The molecule has 0 aliphatic heterocycles. The number of aryl methyl sites for hydroxylation is 1. The lowest BCUT2D eigenvalue weighted by molar-refractivity contribution is 0.218.